The molecule has 2 aromatic rings. The Balaban J connectivity index is 1.87. The third kappa shape index (κ3) is 3.95. The standard InChI is InChI=1S/C13H13N3O2S/c14-6-10-5-12(19-9-10)8-15-11-1-2-13(16-7-11)18-4-3-17/h1-2,5,7,9,15,17H,3-4,8H2. The third-order valence-electron chi connectivity index (χ3n) is 2.33. The molecule has 0 bridgehead atoms. The third-order valence-corrected chi connectivity index (χ3v) is 3.26. The van der Waals surface area contributed by atoms with Crippen LogP contribution < -0.4 is 10.1 Å². The molecule has 6 heteroatoms. The number of aliphatic hydroxyl groups is 1. The van der Waals surface area contributed by atoms with Gasteiger partial charge in [-0.3, -0.25) is 0 Å². The molecule has 0 atom stereocenters. The maximum Gasteiger partial charge on any atom is 0.213 e. The van der Waals surface area contributed by atoms with Crippen LogP contribution >= 0.6 is 11.3 Å². The summed E-state index contributed by atoms with van der Waals surface area (Å²) in [6, 6.07) is 7.57. The highest BCUT2D eigenvalue weighted by atomic mass is 32.1. The molecule has 0 aliphatic rings. The summed E-state index contributed by atoms with van der Waals surface area (Å²) in [6.45, 7) is 0.873. The molecule has 0 radical (unpaired) electrons. The number of hydrogen-bond acceptors (Lipinski definition) is 6. The van der Waals surface area contributed by atoms with Gasteiger partial charge in [0.15, 0.2) is 0 Å². The molecule has 0 saturated carbocycles. The van der Waals surface area contributed by atoms with Crippen molar-refractivity contribution in [3.63, 3.8) is 0 Å². The summed E-state index contributed by atoms with van der Waals surface area (Å²) < 4.78 is 5.17. The van der Waals surface area contributed by atoms with Crippen molar-refractivity contribution in [2.24, 2.45) is 0 Å². The van der Waals surface area contributed by atoms with Crippen molar-refractivity contribution in [3.8, 4) is 11.9 Å². The number of nitrogens with one attached hydrogen (secondary N) is 1. The normalized spacial score (nSPS) is 9.89. The molecule has 0 aliphatic heterocycles. The SMILES string of the molecule is N#Cc1csc(CNc2ccc(OCCO)nc2)c1. The molecule has 0 saturated heterocycles. The van der Waals surface area contributed by atoms with Crippen LogP contribution in [-0.2, 0) is 6.54 Å². The van der Waals surface area contributed by atoms with Gasteiger partial charge in [0.2, 0.25) is 5.88 Å². The smallest absolute Gasteiger partial charge is 0.213 e. The maximum absolute atomic E-state index is 8.73. The lowest BCUT2D eigenvalue weighted by molar-refractivity contribution is 0.196. The summed E-state index contributed by atoms with van der Waals surface area (Å²) in [5, 5.41) is 22.4. The van der Waals surface area contributed by atoms with Gasteiger partial charge in [0.25, 0.3) is 0 Å². The summed E-state index contributed by atoms with van der Waals surface area (Å²) in [5.74, 6) is 0.488. The molecule has 0 spiro atoms. The molecule has 2 heterocycles. The van der Waals surface area contributed by atoms with E-state index in [4.69, 9.17) is 15.1 Å². The molecular formula is C13H13N3O2S. The number of rotatable bonds is 6. The van der Waals surface area contributed by atoms with Gasteiger partial charge in [0.05, 0.1) is 24.1 Å². The van der Waals surface area contributed by atoms with Gasteiger partial charge in [-0.05, 0) is 12.1 Å². The van der Waals surface area contributed by atoms with Crippen molar-refractivity contribution in [1.82, 2.24) is 4.98 Å². The van der Waals surface area contributed by atoms with Gasteiger partial charge in [0.1, 0.15) is 12.7 Å². The zero-order valence-electron chi connectivity index (χ0n) is 10.2. The summed E-state index contributed by atoms with van der Waals surface area (Å²) in [7, 11) is 0. The number of nitrogens with zero attached hydrogens (tertiary/aromatic N) is 2. The minimum absolute atomic E-state index is 0.0265. The molecule has 5 nitrogen and oxygen atoms in total. The van der Waals surface area contributed by atoms with Crippen LogP contribution in [0, 0.1) is 11.3 Å². The van der Waals surface area contributed by atoms with E-state index in [0.717, 1.165) is 10.6 Å². The lowest BCUT2D eigenvalue weighted by Gasteiger charge is -2.06. The fraction of sp³-hybridized carbons (Fsp3) is 0.231. The van der Waals surface area contributed by atoms with Crippen molar-refractivity contribution in [2.45, 2.75) is 6.54 Å². The van der Waals surface area contributed by atoms with Crippen LogP contribution in [0.3, 0.4) is 0 Å². The molecule has 19 heavy (non-hydrogen) atoms. The quantitative estimate of drug-likeness (QED) is 0.843. The fourth-order valence-electron chi connectivity index (χ4n) is 1.44. The first kappa shape index (κ1) is 13.3. The molecule has 0 amide bonds. The topological polar surface area (TPSA) is 78.2 Å². The molecule has 0 aromatic carbocycles. The van der Waals surface area contributed by atoms with E-state index in [1.807, 2.05) is 17.5 Å². The fourth-order valence-corrected chi connectivity index (χ4v) is 2.19. The number of thiophene rings is 1. The van der Waals surface area contributed by atoms with Crippen LogP contribution in [0.1, 0.15) is 10.4 Å². The summed E-state index contributed by atoms with van der Waals surface area (Å²) in [4.78, 5) is 5.20. The van der Waals surface area contributed by atoms with E-state index < -0.39 is 0 Å². The monoisotopic (exact) mass is 275 g/mol. The highest BCUT2D eigenvalue weighted by molar-refractivity contribution is 7.10. The van der Waals surface area contributed by atoms with Gasteiger partial charge in [-0.25, -0.2) is 4.98 Å². The van der Waals surface area contributed by atoms with E-state index >= 15 is 0 Å². The molecule has 0 unspecified atom stereocenters. The molecule has 2 aromatic heterocycles. The van der Waals surface area contributed by atoms with Gasteiger partial charge >= 0.3 is 0 Å². The first-order valence-corrected chi connectivity index (χ1v) is 6.61. The van der Waals surface area contributed by atoms with Gasteiger partial charge in [0, 0.05) is 22.9 Å². The van der Waals surface area contributed by atoms with E-state index in [1.165, 1.54) is 0 Å². The summed E-state index contributed by atoms with van der Waals surface area (Å²) in [6.07, 6.45) is 1.67. The Morgan fingerprint density at radius 3 is 3.00 bits per heavy atom. The number of ether oxygens (including phenoxy) is 1. The average molecular weight is 275 g/mol. The predicted molar refractivity (Wildman–Crippen MR) is 73.2 cm³/mol. The molecule has 0 aliphatic carbocycles. The first-order chi connectivity index (χ1) is 9.31. The maximum atomic E-state index is 8.73. The van der Waals surface area contributed by atoms with Crippen LogP contribution in [0.25, 0.3) is 0 Å². The van der Waals surface area contributed by atoms with Crippen molar-refractivity contribution in [2.75, 3.05) is 18.5 Å². The van der Waals surface area contributed by atoms with E-state index in [-0.39, 0.29) is 13.2 Å². The molecular weight excluding hydrogens is 262 g/mol. The van der Waals surface area contributed by atoms with Gasteiger partial charge in [-0.15, -0.1) is 11.3 Å². The Labute approximate surface area is 115 Å². The lowest BCUT2D eigenvalue weighted by atomic mass is 10.3. The average Bonchev–Trinajstić information content (AvgIpc) is 2.92. The van der Waals surface area contributed by atoms with Gasteiger partial charge < -0.3 is 15.2 Å². The second-order valence-electron chi connectivity index (χ2n) is 3.72. The summed E-state index contributed by atoms with van der Waals surface area (Å²) >= 11 is 1.55. The second-order valence-corrected chi connectivity index (χ2v) is 4.72. The van der Waals surface area contributed by atoms with Gasteiger partial charge in [-0.2, -0.15) is 5.26 Å². The van der Waals surface area contributed by atoms with Crippen LogP contribution in [0.2, 0.25) is 0 Å². The second kappa shape index (κ2) is 6.73. The Hall–Kier alpha value is -2.10. The van der Waals surface area contributed by atoms with E-state index in [2.05, 4.69) is 16.4 Å². The number of aliphatic hydroxyl groups excluding tert-OH is 1. The minimum Gasteiger partial charge on any atom is -0.475 e. The van der Waals surface area contributed by atoms with Gasteiger partial charge in [-0.1, -0.05) is 0 Å². The Kier molecular flexibility index (Phi) is 4.72. The molecule has 98 valence electrons. The van der Waals surface area contributed by atoms with Crippen LogP contribution in [0.4, 0.5) is 5.69 Å². The molecule has 2 rings (SSSR count). The van der Waals surface area contributed by atoms with Crippen LogP contribution in [0.5, 0.6) is 5.88 Å². The van der Waals surface area contributed by atoms with Crippen LogP contribution in [0.15, 0.2) is 29.8 Å². The number of pyridine rings is 1. The summed E-state index contributed by atoms with van der Waals surface area (Å²) in [5.41, 5.74) is 1.57. The lowest BCUT2D eigenvalue weighted by Crippen LogP contribution is -2.03. The van der Waals surface area contributed by atoms with Crippen LogP contribution in [-0.4, -0.2) is 23.3 Å². The number of anilines is 1. The van der Waals surface area contributed by atoms with Crippen molar-refractivity contribution >= 4 is 17.0 Å². The van der Waals surface area contributed by atoms with E-state index in [0.29, 0.717) is 18.0 Å². The molecule has 2 N–H and O–H groups in total. The van der Waals surface area contributed by atoms with Crippen molar-refractivity contribution in [3.05, 3.63) is 40.2 Å². The number of nitriles is 1. The highest BCUT2D eigenvalue weighted by Gasteiger charge is 2.00. The zero-order valence-corrected chi connectivity index (χ0v) is 11.0. The zero-order chi connectivity index (χ0) is 13.5. The molecule has 0 fully saturated rings. The Bertz CT molecular complexity index is 560. The number of hydrogen-bond donors (Lipinski definition) is 2. The van der Waals surface area contributed by atoms with E-state index in [1.54, 1.807) is 23.6 Å². The predicted octanol–water partition coefficient (Wildman–Crippen LogP) is 2.00. The van der Waals surface area contributed by atoms with E-state index in [9.17, 15) is 0 Å². The first-order valence-electron chi connectivity index (χ1n) is 5.73. The highest BCUT2D eigenvalue weighted by Crippen LogP contribution is 2.17. The largest absolute Gasteiger partial charge is 0.475 e. The minimum atomic E-state index is -0.0265. The van der Waals surface area contributed by atoms with Crippen molar-refractivity contribution in [1.29, 1.82) is 5.26 Å². The van der Waals surface area contributed by atoms with Crippen molar-refractivity contribution < 1.29 is 9.84 Å². The Morgan fingerprint density at radius 2 is 2.37 bits per heavy atom. The number of aromatic nitrogens is 1. The Morgan fingerprint density at radius 1 is 1.47 bits per heavy atom.